The van der Waals surface area contributed by atoms with Gasteiger partial charge in [-0.3, -0.25) is 0 Å². The van der Waals surface area contributed by atoms with Crippen molar-refractivity contribution >= 4 is 11.8 Å². The number of aromatic carboxylic acids is 1. The predicted molar refractivity (Wildman–Crippen MR) is 89.7 cm³/mol. The number of pyridine rings is 1. The predicted octanol–water partition coefficient (Wildman–Crippen LogP) is 3.81. The molecule has 1 aromatic carbocycles. The molecule has 0 amide bonds. The maximum Gasteiger partial charge on any atom is 0.340 e. The maximum absolute atomic E-state index is 11.8. The van der Waals surface area contributed by atoms with Crippen molar-refractivity contribution in [3.63, 3.8) is 0 Å². The number of carboxylic acid groups (broad SMARTS) is 1. The number of carboxylic acids is 1. The molecule has 0 aliphatic rings. The van der Waals surface area contributed by atoms with Gasteiger partial charge in [-0.1, -0.05) is 51.1 Å². The van der Waals surface area contributed by atoms with Gasteiger partial charge < -0.3 is 10.0 Å². The highest BCUT2D eigenvalue weighted by Gasteiger charge is 2.25. The van der Waals surface area contributed by atoms with Crippen LogP contribution in [0.3, 0.4) is 0 Å². The molecule has 0 unspecified atom stereocenters. The lowest BCUT2D eigenvalue weighted by Crippen LogP contribution is -2.21. The first-order valence-corrected chi connectivity index (χ1v) is 7.23. The number of aromatic nitrogens is 1. The molecule has 0 spiro atoms. The van der Waals surface area contributed by atoms with Crippen molar-refractivity contribution in [3.05, 3.63) is 47.7 Å². The van der Waals surface area contributed by atoms with E-state index in [2.05, 4.69) is 25.8 Å². The second-order valence-electron chi connectivity index (χ2n) is 6.57. The maximum atomic E-state index is 11.8. The quantitative estimate of drug-likeness (QED) is 0.936. The largest absolute Gasteiger partial charge is 0.478 e. The fraction of sp³-hybridized carbons (Fsp3) is 0.333. The number of nitrogens with zero attached hydrogens (tertiary/aromatic N) is 2. The van der Waals surface area contributed by atoms with Crippen LogP contribution in [0.25, 0.3) is 11.1 Å². The Balaban J connectivity index is 2.84. The van der Waals surface area contributed by atoms with Gasteiger partial charge in [-0.25, -0.2) is 9.78 Å². The Kier molecular flexibility index (Phi) is 4.22. The molecule has 0 saturated carbocycles. The van der Waals surface area contributed by atoms with E-state index in [1.54, 1.807) is 4.90 Å². The van der Waals surface area contributed by atoms with Gasteiger partial charge in [0.05, 0.1) is 0 Å². The first-order valence-electron chi connectivity index (χ1n) is 7.23. The lowest BCUT2D eigenvalue weighted by molar-refractivity contribution is 0.0698. The van der Waals surface area contributed by atoms with Crippen molar-refractivity contribution in [1.29, 1.82) is 0 Å². The smallest absolute Gasteiger partial charge is 0.340 e. The van der Waals surface area contributed by atoms with Crippen molar-refractivity contribution in [2.24, 2.45) is 0 Å². The number of anilines is 1. The summed E-state index contributed by atoms with van der Waals surface area (Å²) >= 11 is 0. The zero-order chi connectivity index (χ0) is 16.5. The van der Waals surface area contributed by atoms with Gasteiger partial charge in [0.25, 0.3) is 0 Å². The van der Waals surface area contributed by atoms with Crippen LogP contribution in [-0.2, 0) is 5.41 Å². The van der Waals surface area contributed by atoms with Crippen LogP contribution in [0.2, 0.25) is 0 Å². The van der Waals surface area contributed by atoms with E-state index in [-0.39, 0.29) is 11.0 Å². The fourth-order valence-electron chi connectivity index (χ4n) is 2.30. The van der Waals surface area contributed by atoms with E-state index in [9.17, 15) is 9.90 Å². The number of rotatable bonds is 3. The van der Waals surface area contributed by atoms with Crippen LogP contribution >= 0.6 is 0 Å². The molecule has 22 heavy (non-hydrogen) atoms. The normalized spacial score (nSPS) is 11.3. The number of benzene rings is 1. The zero-order valence-corrected chi connectivity index (χ0v) is 13.7. The van der Waals surface area contributed by atoms with Crippen LogP contribution in [0.15, 0.2) is 36.4 Å². The van der Waals surface area contributed by atoms with E-state index in [0.717, 1.165) is 11.3 Å². The topological polar surface area (TPSA) is 53.4 Å². The summed E-state index contributed by atoms with van der Waals surface area (Å²) in [6, 6.07) is 11.5. The van der Waals surface area contributed by atoms with Crippen LogP contribution in [0, 0.1) is 0 Å². The Hall–Kier alpha value is -2.36. The third kappa shape index (κ3) is 3.11. The van der Waals surface area contributed by atoms with E-state index in [1.165, 1.54) is 0 Å². The molecule has 2 rings (SSSR count). The van der Waals surface area contributed by atoms with Crippen LogP contribution in [0.4, 0.5) is 5.82 Å². The van der Waals surface area contributed by atoms with Crippen molar-refractivity contribution in [2.45, 2.75) is 26.2 Å². The van der Waals surface area contributed by atoms with Crippen molar-refractivity contribution in [1.82, 2.24) is 4.98 Å². The molecule has 0 saturated heterocycles. The van der Waals surface area contributed by atoms with Crippen LogP contribution in [-0.4, -0.2) is 30.2 Å². The zero-order valence-electron chi connectivity index (χ0n) is 13.7. The lowest BCUT2D eigenvalue weighted by atomic mass is 9.88. The van der Waals surface area contributed by atoms with Crippen LogP contribution in [0.1, 0.15) is 36.8 Å². The summed E-state index contributed by atoms with van der Waals surface area (Å²) in [6.07, 6.45) is 0. The molecule has 0 aliphatic heterocycles. The summed E-state index contributed by atoms with van der Waals surface area (Å²) in [5, 5.41) is 9.68. The highest BCUT2D eigenvalue weighted by Crippen LogP contribution is 2.34. The summed E-state index contributed by atoms with van der Waals surface area (Å²) in [5.41, 5.74) is 2.54. The minimum absolute atomic E-state index is 0.161. The van der Waals surface area contributed by atoms with Crippen LogP contribution in [0.5, 0.6) is 0 Å². The van der Waals surface area contributed by atoms with E-state index in [4.69, 9.17) is 0 Å². The average Bonchev–Trinajstić information content (AvgIpc) is 2.45. The second kappa shape index (κ2) is 5.79. The number of hydrogen-bond acceptors (Lipinski definition) is 3. The lowest BCUT2D eigenvalue weighted by Gasteiger charge is -2.24. The minimum Gasteiger partial charge on any atom is -0.478 e. The number of hydrogen-bond donors (Lipinski definition) is 1. The van der Waals surface area contributed by atoms with Crippen molar-refractivity contribution in [2.75, 3.05) is 19.0 Å². The summed E-state index contributed by atoms with van der Waals surface area (Å²) in [6.45, 7) is 6.22. The molecule has 0 bridgehead atoms. The summed E-state index contributed by atoms with van der Waals surface area (Å²) in [4.78, 5) is 18.2. The summed E-state index contributed by atoms with van der Waals surface area (Å²) in [7, 11) is 3.63. The molecular formula is C18H22N2O2. The first-order chi connectivity index (χ1) is 10.2. The Labute approximate surface area is 131 Å². The molecule has 4 nitrogen and oxygen atoms in total. The Morgan fingerprint density at radius 3 is 2.18 bits per heavy atom. The van der Waals surface area contributed by atoms with E-state index in [0.29, 0.717) is 11.4 Å². The molecule has 0 radical (unpaired) electrons. The standard InChI is InChI=1S/C18H22N2O2/c1-18(2,3)14-11-13(12-9-7-6-8-10-12)15(17(21)22)16(19-14)20(4)5/h6-11H,1-5H3,(H,21,22). The van der Waals surface area contributed by atoms with E-state index >= 15 is 0 Å². The molecular weight excluding hydrogens is 276 g/mol. The van der Waals surface area contributed by atoms with Gasteiger partial charge in [-0.2, -0.15) is 0 Å². The van der Waals surface area contributed by atoms with Gasteiger partial charge in [0.15, 0.2) is 0 Å². The Morgan fingerprint density at radius 1 is 1.14 bits per heavy atom. The van der Waals surface area contributed by atoms with Gasteiger partial charge in [-0.05, 0) is 11.6 Å². The second-order valence-corrected chi connectivity index (χ2v) is 6.57. The molecule has 1 aromatic heterocycles. The monoisotopic (exact) mass is 298 g/mol. The SMILES string of the molecule is CN(C)c1nc(C(C)(C)C)cc(-c2ccccc2)c1C(=O)O. The Morgan fingerprint density at radius 2 is 1.73 bits per heavy atom. The third-order valence-corrected chi connectivity index (χ3v) is 3.49. The van der Waals surface area contributed by atoms with Gasteiger partial charge in [0.1, 0.15) is 11.4 Å². The van der Waals surface area contributed by atoms with Gasteiger partial charge in [0.2, 0.25) is 0 Å². The first kappa shape index (κ1) is 16.0. The third-order valence-electron chi connectivity index (χ3n) is 3.49. The molecule has 0 aliphatic carbocycles. The Bertz CT molecular complexity index is 686. The van der Waals surface area contributed by atoms with Crippen LogP contribution < -0.4 is 4.90 Å². The van der Waals surface area contributed by atoms with Gasteiger partial charge in [0, 0.05) is 30.8 Å². The van der Waals surface area contributed by atoms with Crippen molar-refractivity contribution < 1.29 is 9.90 Å². The van der Waals surface area contributed by atoms with Crippen molar-refractivity contribution in [3.8, 4) is 11.1 Å². The molecule has 116 valence electrons. The summed E-state index contributed by atoms with van der Waals surface area (Å²) in [5.74, 6) is -0.478. The molecule has 2 aromatic rings. The minimum atomic E-state index is -0.962. The molecule has 1 N–H and O–H groups in total. The average molecular weight is 298 g/mol. The fourth-order valence-corrected chi connectivity index (χ4v) is 2.30. The summed E-state index contributed by atoms with van der Waals surface area (Å²) < 4.78 is 0. The molecule has 0 fully saturated rings. The number of carbonyl (C=O) groups is 1. The highest BCUT2D eigenvalue weighted by molar-refractivity contribution is 6.01. The molecule has 0 atom stereocenters. The van der Waals surface area contributed by atoms with Gasteiger partial charge in [-0.15, -0.1) is 0 Å². The van der Waals surface area contributed by atoms with Gasteiger partial charge >= 0.3 is 5.97 Å². The molecule has 4 heteroatoms. The van der Waals surface area contributed by atoms with E-state index in [1.807, 2.05) is 50.5 Å². The highest BCUT2D eigenvalue weighted by atomic mass is 16.4. The van der Waals surface area contributed by atoms with E-state index < -0.39 is 5.97 Å². The molecule has 1 heterocycles.